The summed E-state index contributed by atoms with van der Waals surface area (Å²) < 4.78 is 4.71. The maximum Gasteiger partial charge on any atom is 0.332 e. The third-order valence-electron chi connectivity index (χ3n) is 6.00. The lowest BCUT2D eigenvalue weighted by Crippen LogP contribution is -2.45. The van der Waals surface area contributed by atoms with Crippen molar-refractivity contribution in [3.63, 3.8) is 0 Å². The molecule has 29 heavy (non-hydrogen) atoms. The number of hydrogen-bond donors (Lipinski definition) is 0. The SMILES string of the molecule is Cc1nc(Cn2nc3n(c(=O)c2=O)CC[C@]32CCN(Cc3cnn(C)c3)C2)cs1. The summed E-state index contributed by atoms with van der Waals surface area (Å²) in [6.45, 7) is 5.33. The lowest BCUT2D eigenvalue weighted by Gasteiger charge is -2.23. The number of aryl methyl sites for hydroxylation is 2. The van der Waals surface area contributed by atoms with Gasteiger partial charge in [0.15, 0.2) is 0 Å². The average molecular weight is 414 g/mol. The maximum absolute atomic E-state index is 12.7. The van der Waals surface area contributed by atoms with Gasteiger partial charge in [0.25, 0.3) is 0 Å². The topological polar surface area (TPSA) is 90.8 Å². The summed E-state index contributed by atoms with van der Waals surface area (Å²) in [6.07, 6.45) is 5.71. The molecular weight excluding hydrogens is 390 g/mol. The van der Waals surface area contributed by atoms with E-state index in [9.17, 15) is 9.59 Å². The van der Waals surface area contributed by atoms with Gasteiger partial charge in [0.05, 0.1) is 23.4 Å². The minimum atomic E-state index is -0.568. The first-order valence-corrected chi connectivity index (χ1v) is 10.6. The van der Waals surface area contributed by atoms with Crippen LogP contribution < -0.4 is 11.1 Å². The number of hydrogen-bond acceptors (Lipinski definition) is 7. The highest BCUT2D eigenvalue weighted by molar-refractivity contribution is 7.09. The summed E-state index contributed by atoms with van der Waals surface area (Å²) in [5.74, 6) is 0.753. The Bertz CT molecular complexity index is 1190. The quantitative estimate of drug-likeness (QED) is 0.579. The molecule has 2 aliphatic heterocycles. The summed E-state index contributed by atoms with van der Waals surface area (Å²) >= 11 is 1.53. The van der Waals surface area contributed by atoms with Crippen molar-refractivity contribution in [2.75, 3.05) is 13.1 Å². The van der Waals surface area contributed by atoms with Crippen molar-refractivity contribution in [1.82, 2.24) is 34.0 Å². The van der Waals surface area contributed by atoms with Gasteiger partial charge in [0.2, 0.25) is 0 Å². The summed E-state index contributed by atoms with van der Waals surface area (Å²) in [7, 11) is 1.92. The van der Waals surface area contributed by atoms with E-state index in [4.69, 9.17) is 0 Å². The third-order valence-corrected chi connectivity index (χ3v) is 6.82. The summed E-state index contributed by atoms with van der Waals surface area (Å²) in [5.41, 5.74) is 0.737. The van der Waals surface area contributed by atoms with Gasteiger partial charge < -0.3 is 0 Å². The molecule has 0 N–H and O–H groups in total. The molecule has 2 aliphatic rings. The van der Waals surface area contributed by atoms with Crippen molar-refractivity contribution in [2.24, 2.45) is 7.05 Å². The Kier molecular flexibility index (Phi) is 4.28. The molecule has 5 heterocycles. The smallest absolute Gasteiger partial charge is 0.298 e. The lowest BCUT2D eigenvalue weighted by molar-refractivity contribution is 0.298. The normalized spacial score (nSPS) is 21.3. The van der Waals surface area contributed by atoms with Crippen LogP contribution in [0, 0.1) is 6.92 Å². The molecule has 9 nitrogen and oxygen atoms in total. The molecule has 152 valence electrons. The Balaban J connectivity index is 1.45. The first kappa shape index (κ1) is 18.4. The van der Waals surface area contributed by atoms with Crippen LogP contribution in [0.1, 0.15) is 34.9 Å². The van der Waals surface area contributed by atoms with Gasteiger partial charge in [-0.05, 0) is 26.3 Å². The Morgan fingerprint density at radius 2 is 2.00 bits per heavy atom. The largest absolute Gasteiger partial charge is 0.332 e. The zero-order valence-corrected chi connectivity index (χ0v) is 17.4. The fraction of sp³-hybridized carbons (Fsp3) is 0.526. The van der Waals surface area contributed by atoms with Gasteiger partial charge in [-0.1, -0.05) is 0 Å². The lowest BCUT2D eigenvalue weighted by atomic mass is 9.85. The van der Waals surface area contributed by atoms with E-state index >= 15 is 0 Å². The highest BCUT2D eigenvalue weighted by Crippen LogP contribution is 2.40. The van der Waals surface area contributed by atoms with Crippen LogP contribution in [0.3, 0.4) is 0 Å². The second-order valence-corrected chi connectivity index (χ2v) is 9.18. The summed E-state index contributed by atoms with van der Waals surface area (Å²) in [6, 6.07) is 0. The van der Waals surface area contributed by atoms with Gasteiger partial charge >= 0.3 is 11.1 Å². The van der Waals surface area contributed by atoms with Crippen molar-refractivity contribution < 1.29 is 0 Å². The van der Waals surface area contributed by atoms with Crippen molar-refractivity contribution in [3.05, 3.63) is 60.6 Å². The van der Waals surface area contributed by atoms with Crippen molar-refractivity contribution in [3.8, 4) is 0 Å². The zero-order valence-electron chi connectivity index (χ0n) is 16.5. The third kappa shape index (κ3) is 3.16. The van der Waals surface area contributed by atoms with E-state index in [0.29, 0.717) is 6.54 Å². The molecule has 0 aromatic carbocycles. The van der Waals surface area contributed by atoms with E-state index in [2.05, 4.69) is 20.1 Å². The van der Waals surface area contributed by atoms with E-state index in [1.54, 1.807) is 4.57 Å². The van der Waals surface area contributed by atoms with Crippen molar-refractivity contribution in [1.29, 1.82) is 0 Å². The van der Waals surface area contributed by atoms with Crippen LogP contribution in [0.15, 0.2) is 27.4 Å². The Morgan fingerprint density at radius 3 is 2.72 bits per heavy atom. The first-order valence-electron chi connectivity index (χ1n) is 9.77. The summed E-state index contributed by atoms with van der Waals surface area (Å²) in [5, 5.41) is 11.8. The molecule has 0 unspecified atom stereocenters. The number of nitrogens with zero attached hydrogens (tertiary/aromatic N) is 7. The summed E-state index contributed by atoms with van der Waals surface area (Å²) in [4.78, 5) is 32.1. The molecule has 10 heteroatoms. The molecule has 0 aliphatic carbocycles. The Labute approximate surface area is 171 Å². The second-order valence-electron chi connectivity index (χ2n) is 8.11. The predicted molar refractivity (Wildman–Crippen MR) is 108 cm³/mol. The second kappa shape index (κ2) is 6.74. The van der Waals surface area contributed by atoms with E-state index in [1.165, 1.54) is 21.6 Å². The molecule has 1 spiro atoms. The van der Waals surface area contributed by atoms with Crippen LogP contribution in [0.5, 0.6) is 0 Å². The first-order chi connectivity index (χ1) is 13.9. The van der Waals surface area contributed by atoms with E-state index < -0.39 is 11.1 Å². The van der Waals surface area contributed by atoms with Crippen LogP contribution in [-0.4, -0.2) is 47.1 Å². The molecule has 1 atom stereocenters. The van der Waals surface area contributed by atoms with Gasteiger partial charge in [-0.2, -0.15) is 10.2 Å². The standard InChI is InChI=1S/C19H23N7O2S/c1-13-21-15(11-29-13)10-26-17(28)16(27)25-6-4-19(18(25)22-26)3-5-24(12-19)9-14-7-20-23(2)8-14/h7-8,11H,3-6,9-10,12H2,1-2H3/t19-/m0/s1. The number of aromatic nitrogens is 6. The van der Waals surface area contributed by atoms with Crippen molar-refractivity contribution >= 4 is 11.3 Å². The number of likely N-dealkylation sites (tertiary alicyclic amines) is 1. The van der Waals surface area contributed by atoms with Gasteiger partial charge in [-0.15, -0.1) is 11.3 Å². The molecule has 3 aromatic rings. The van der Waals surface area contributed by atoms with E-state index in [0.717, 1.165) is 49.0 Å². The Hall–Kier alpha value is -2.59. The van der Waals surface area contributed by atoms with Gasteiger partial charge in [-0.3, -0.25) is 23.7 Å². The van der Waals surface area contributed by atoms with Crippen LogP contribution in [0.25, 0.3) is 0 Å². The predicted octanol–water partition coefficient (Wildman–Crippen LogP) is 0.499. The van der Waals surface area contributed by atoms with Crippen LogP contribution in [-0.2, 0) is 32.1 Å². The molecule has 1 saturated heterocycles. The fourth-order valence-corrected chi connectivity index (χ4v) is 5.21. The van der Waals surface area contributed by atoms with Gasteiger partial charge in [0, 0.05) is 49.2 Å². The Morgan fingerprint density at radius 1 is 1.17 bits per heavy atom. The maximum atomic E-state index is 12.7. The van der Waals surface area contributed by atoms with E-state index in [-0.39, 0.29) is 12.0 Å². The molecule has 5 rings (SSSR count). The molecular formula is C19H23N7O2S. The molecule has 0 saturated carbocycles. The van der Waals surface area contributed by atoms with Crippen LogP contribution in [0.2, 0.25) is 0 Å². The van der Waals surface area contributed by atoms with E-state index in [1.807, 2.05) is 36.4 Å². The number of fused-ring (bicyclic) bond motifs is 2. The highest BCUT2D eigenvalue weighted by atomic mass is 32.1. The minimum absolute atomic E-state index is 0.172. The molecule has 0 amide bonds. The molecule has 3 aromatic heterocycles. The fourth-order valence-electron chi connectivity index (χ4n) is 4.61. The number of thiazole rings is 1. The monoisotopic (exact) mass is 413 g/mol. The highest BCUT2D eigenvalue weighted by Gasteiger charge is 2.47. The molecule has 0 radical (unpaired) electrons. The molecule has 1 fully saturated rings. The average Bonchev–Trinajstić information content (AvgIpc) is 3.45. The zero-order chi connectivity index (χ0) is 20.2. The van der Waals surface area contributed by atoms with Gasteiger partial charge in [0.1, 0.15) is 5.82 Å². The molecule has 0 bridgehead atoms. The van der Waals surface area contributed by atoms with Crippen LogP contribution in [0.4, 0.5) is 0 Å². The van der Waals surface area contributed by atoms with Crippen molar-refractivity contribution in [2.45, 2.75) is 44.8 Å². The number of rotatable bonds is 4. The van der Waals surface area contributed by atoms with Crippen LogP contribution >= 0.6 is 11.3 Å². The van der Waals surface area contributed by atoms with Gasteiger partial charge in [-0.25, -0.2) is 9.67 Å². The minimum Gasteiger partial charge on any atom is -0.298 e.